The van der Waals surface area contributed by atoms with Gasteiger partial charge in [0, 0.05) is 25.4 Å². The zero-order valence-corrected chi connectivity index (χ0v) is 9.23. The SMILES string of the molecule is COC1OC2OC3(C)C(=O)CC(C2C)C13. The second-order valence-corrected chi connectivity index (χ2v) is 5.01. The van der Waals surface area contributed by atoms with E-state index in [4.69, 9.17) is 14.2 Å². The smallest absolute Gasteiger partial charge is 0.166 e. The van der Waals surface area contributed by atoms with Gasteiger partial charge < -0.3 is 14.2 Å². The van der Waals surface area contributed by atoms with Gasteiger partial charge in [-0.25, -0.2) is 0 Å². The molecule has 3 heterocycles. The van der Waals surface area contributed by atoms with E-state index in [2.05, 4.69) is 6.92 Å². The molecule has 4 fully saturated rings. The third-order valence-electron chi connectivity index (χ3n) is 4.33. The molecule has 4 nitrogen and oxygen atoms in total. The fourth-order valence-electron chi connectivity index (χ4n) is 3.38. The summed E-state index contributed by atoms with van der Waals surface area (Å²) in [5.41, 5.74) is -0.666. The monoisotopic (exact) mass is 212 g/mol. The largest absolute Gasteiger partial charge is 0.355 e. The predicted molar refractivity (Wildman–Crippen MR) is 50.9 cm³/mol. The lowest BCUT2D eigenvalue weighted by atomic mass is 9.75. The molecule has 0 aromatic carbocycles. The van der Waals surface area contributed by atoms with Gasteiger partial charge in [0.2, 0.25) is 0 Å². The zero-order valence-electron chi connectivity index (χ0n) is 9.23. The summed E-state index contributed by atoms with van der Waals surface area (Å²) in [6.45, 7) is 3.97. The van der Waals surface area contributed by atoms with Crippen LogP contribution < -0.4 is 0 Å². The summed E-state index contributed by atoms with van der Waals surface area (Å²) in [5, 5.41) is 0. The summed E-state index contributed by atoms with van der Waals surface area (Å²) in [4.78, 5) is 11.9. The highest BCUT2D eigenvalue weighted by Crippen LogP contribution is 2.56. The van der Waals surface area contributed by atoms with Gasteiger partial charge in [-0.3, -0.25) is 4.79 Å². The molecule has 4 bridgehead atoms. The van der Waals surface area contributed by atoms with Crippen LogP contribution in [0.2, 0.25) is 0 Å². The third kappa shape index (κ3) is 0.998. The first-order chi connectivity index (χ1) is 7.08. The van der Waals surface area contributed by atoms with Gasteiger partial charge in [0.25, 0.3) is 0 Å². The summed E-state index contributed by atoms with van der Waals surface area (Å²) < 4.78 is 16.7. The first-order valence-electron chi connectivity index (χ1n) is 5.47. The molecule has 4 rings (SSSR count). The number of ether oxygens (including phenoxy) is 3. The minimum atomic E-state index is -0.666. The molecule has 0 spiro atoms. The molecule has 6 atom stereocenters. The molecular weight excluding hydrogens is 196 g/mol. The number of Topliss-reactive ketones (excluding diaryl/α,β-unsaturated/α-hetero) is 1. The standard InChI is InChI=1S/C11H16O4/c1-5-6-4-7(12)11(2)8(6)10(13-3)14-9(5)15-11/h5-6,8-10H,4H2,1-3H3. The predicted octanol–water partition coefficient (Wildman–Crippen LogP) is 0.945. The first-order valence-corrected chi connectivity index (χ1v) is 5.47. The summed E-state index contributed by atoms with van der Waals surface area (Å²) in [6, 6.07) is 0. The lowest BCUT2D eigenvalue weighted by Gasteiger charge is -2.53. The Bertz CT molecular complexity index is 316. The Balaban J connectivity index is 2.04. The molecule has 15 heavy (non-hydrogen) atoms. The van der Waals surface area contributed by atoms with Gasteiger partial charge >= 0.3 is 0 Å². The average molecular weight is 212 g/mol. The molecule has 0 N–H and O–H groups in total. The van der Waals surface area contributed by atoms with Crippen molar-refractivity contribution in [2.45, 2.75) is 38.4 Å². The fourth-order valence-corrected chi connectivity index (χ4v) is 3.38. The van der Waals surface area contributed by atoms with Crippen molar-refractivity contribution in [1.29, 1.82) is 0 Å². The Hall–Kier alpha value is -0.450. The van der Waals surface area contributed by atoms with Gasteiger partial charge in [0.1, 0.15) is 5.60 Å². The summed E-state index contributed by atoms with van der Waals surface area (Å²) in [7, 11) is 1.63. The molecule has 1 saturated carbocycles. The highest BCUT2D eigenvalue weighted by atomic mass is 16.8. The first kappa shape index (κ1) is 9.75. The highest BCUT2D eigenvalue weighted by Gasteiger charge is 2.67. The highest BCUT2D eigenvalue weighted by molar-refractivity contribution is 5.90. The van der Waals surface area contributed by atoms with Gasteiger partial charge in [-0.1, -0.05) is 6.92 Å². The number of rotatable bonds is 1. The maximum absolute atomic E-state index is 11.9. The molecule has 4 heteroatoms. The maximum atomic E-state index is 11.9. The molecule has 6 unspecified atom stereocenters. The summed E-state index contributed by atoms with van der Waals surface area (Å²) >= 11 is 0. The van der Waals surface area contributed by atoms with Crippen molar-refractivity contribution in [3.05, 3.63) is 0 Å². The number of hydrogen-bond acceptors (Lipinski definition) is 4. The van der Waals surface area contributed by atoms with Crippen LogP contribution in [0.4, 0.5) is 0 Å². The minimum Gasteiger partial charge on any atom is -0.355 e. The van der Waals surface area contributed by atoms with Crippen LogP contribution >= 0.6 is 0 Å². The van der Waals surface area contributed by atoms with Crippen LogP contribution in [0.15, 0.2) is 0 Å². The fraction of sp³-hybridized carbons (Fsp3) is 0.909. The lowest BCUT2D eigenvalue weighted by Crippen LogP contribution is -2.62. The van der Waals surface area contributed by atoms with E-state index >= 15 is 0 Å². The molecule has 3 saturated heterocycles. The number of methoxy groups -OCH3 is 1. The normalized spacial score (nSPS) is 57.5. The average Bonchev–Trinajstić information content (AvgIpc) is 2.44. The van der Waals surface area contributed by atoms with Crippen LogP contribution in [0, 0.1) is 17.8 Å². The third-order valence-corrected chi connectivity index (χ3v) is 4.33. The van der Waals surface area contributed by atoms with Crippen LogP contribution in [0.1, 0.15) is 20.3 Å². The summed E-state index contributed by atoms with van der Waals surface area (Å²) in [6.07, 6.45) is 0.0602. The van der Waals surface area contributed by atoms with Crippen LogP contribution in [0.5, 0.6) is 0 Å². The molecule has 0 aromatic heterocycles. The molecule has 0 radical (unpaired) electrons. The van der Waals surface area contributed by atoms with Crippen LogP contribution in [0.3, 0.4) is 0 Å². The van der Waals surface area contributed by atoms with Crippen LogP contribution in [-0.4, -0.2) is 31.1 Å². The Morgan fingerprint density at radius 3 is 2.93 bits per heavy atom. The molecule has 4 aliphatic rings. The van der Waals surface area contributed by atoms with Gasteiger partial charge in [-0.15, -0.1) is 0 Å². The molecule has 1 aliphatic carbocycles. The van der Waals surface area contributed by atoms with Gasteiger partial charge in [-0.05, 0) is 12.8 Å². The number of fused-ring (bicyclic) bond motifs is 1. The van der Waals surface area contributed by atoms with E-state index in [0.717, 1.165) is 0 Å². The van der Waals surface area contributed by atoms with Gasteiger partial charge in [0.05, 0.1) is 0 Å². The number of hydrogen-bond donors (Lipinski definition) is 0. The quantitative estimate of drug-likeness (QED) is 0.649. The van der Waals surface area contributed by atoms with Gasteiger partial charge in [-0.2, -0.15) is 0 Å². The van der Waals surface area contributed by atoms with E-state index in [1.54, 1.807) is 7.11 Å². The Kier molecular flexibility index (Phi) is 1.83. The van der Waals surface area contributed by atoms with Crippen molar-refractivity contribution < 1.29 is 19.0 Å². The van der Waals surface area contributed by atoms with E-state index in [-0.39, 0.29) is 24.3 Å². The van der Waals surface area contributed by atoms with Crippen molar-refractivity contribution in [2.75, 3.05) is 7.11 Å². The minimum absolute atomic E-state index is 0.0648. The lowest BCUT2D eigenvalue weighted by molar-refractivity contribution is -0.393. The van der Waals surface area contributed by atoms with Crippen LogP contribution in [0.25, 0.3) is 0 Å². The molecule has 3 aliphatic heterocycles. The Morgan fingerprint density at radius 1 is 1.53 bits per heavy atom. The van der Waals surface area contributed by atoms with E-state index in [1.807, 2.05) is 6.92 Å². The van der Waals surface area contributed by atoms with Gasteiger partial charge in [0.15, 0.2) is 18.4 Å². The van der Waals surface area contributed by atoms with Crippen molar-refractivity contribution in [1.82, 2.24) is 0 Å². The Morgan fingerprint density at radius 2 is 2.27 bits per heavy atom. The van der Waals surface area contributed by atoms with Crippen molar-refractivity contribution >= 4 is 5.78 Å². The maximum Gasteiger partial charge on any atom is 0.166 e. The molecular formula is C11H16O4. The van der Waals surface area contributed by atoms with Crippen molar-refractivity contribution in [3.63, 3.8) is 0 Å². The Labute approximate surface area is 88.9 Å². The van der Waals surface area contributed by atoms with Crippen molar-refractivity contribution in [2.24, 2.45) is 17.8 Å². The molecule has 0 aromatic rings. The zero-order chi connectivity index (χ0) is 10.8. The van der Waals surface area contributed by atoms with E-state index in [9.17, 15) is 4.79 Å². The van der Waals surface area contributed by atoms with E-state index < -0.39 is 5.60 Å². The number of carbonyl (C=O) groups excluding carboxylic acids is 1. The summed E-state index contributed by atoms with van der Waals surface area (Å²) in [5.74, 6) is 0.924. The molecule has 84 valence electrons. The van der Waals surface area contributed by atoms with E-state index in [1.165, 1.54) is 0 Å². The number of carbonyl (C=O) groups is 1. The number of ketones is 1. The second-order valence-electron chi connectivity index (χ2n) is 5.01. The second kappa shape index (κ2) is 2.81. The van der Waals surface area contributed by atoms with Crippen molar-refractivity contribution in [3.8, 4) is 0 Å². The van der Waals surface area contributed by atoms with E-state index in [0.29, 0.717) is 18.3 Å². The van der Waals surface area contributed by atoms with Crippen LogP contribution in [-0.2, 0) is 19.0 Å². The topological polar surface area (TPSA) is 44.8 Å². The molecule has 0 amide bonds.